The second-order valence-electron chi connectivity index (χ2n) is 13.4. The van der Waals surface area contributed by atoms with Crippen molar-refractivity contribution in [2.45, 2.75) is 0 Å². The average molecular weight is 651 g/mol. The summed E-state index contributed by atoms with van der Waals surface area (Å²) >= 11 is 0. The van der Waals surface area contributed by atoms with Gasteiger partial charge in [0, 0.05) is 54.5 Å². The van der Waals surface area contributed by atoms with E-state index in [1.807, 2.05) is 48.5 Å². The largest absolute Gasteiger partial charge is 0.438 e. The van der Waals surface area contributed by atoms with E-state index in [0.29, 0.717) is 11.5 Å². The van der Waals surface area contributed by atoms with Gasteiger partial charge in [0.15, 0.2) is 5.82 Å². The minimum Gasteiger partial charge on any atom is -0.438 e. The van der Waals surface area contributed by atoms with Gasteiger partial charge in [-0.05, 0) is 36.4 Å². The molecule has 0 N–H and O–H groups in total. The summed E-state index contributed by atoms with van der Waals surface area (Å²) in [6.07, 6.45) is 0. The first kappa shape index (κ1) is 26.9. The number of aromatic nitrogens is 4. The molecular weight excluding hydrogens is 625 g/mol. The number of para-hydroxylation sites is 4. The number of benzene rings is 7. The van der Waals surface area contributed by atoms with Crippen LogP contribution >= 0.6 is 0 Å². The van der Waals surface area contributed by atoms with E-state index in [2.05, 4.69) is 118 Å². The SMILES string of the molecule is c1ccc(-c2nc(-c3ccc4c5ccccc5n(-c5ccc6c7cccc8c9ccccc9n(c6c5)c87)c4c3)c3c(n2)oc2ccccc23)cc1. The van der Waals surface area contributed by atoms with Crippen molar-refractivity contribution in [2.75, 3.05) is 0 Å². The quantitative estimate of drug-likeness (QED) is 0.191. The van der Waals surface area contributed by atoms with Gasteiger partial charge in [0.25, 0.3) is 0 Å². The molecule has 0 bridgehead atoms. The van der Waals surface area contributed by atoms with Crippen LogP contribution in [0.1, 0.15) is 0 Å². The standard InChI is InChI=1S/C46H26N4O/c1-2-11-27(12-3-1)45-47-43(42-36-15-6-9-20-41(36)51-46(42)48-45)28-21-23-32-30-13-4-7-18-37(30)49(39(32)25-28)29-22-24-33-35-17-10-16-34-31-14-5-8-19-38(31)50(44(34)35)40(33)26-29/h1-26H. The molecule has 5 heterocycles. The summed E-state index contributed by atoms with van der Waals surface area (Å²) < 4.78 is 11.2. The molecule has 0 aliphatic heterocycles. The van der Waals surface area contributed by atoms with Gasteiger partial charge >= 0.3 is 0 Å². The van der Waals surface area contributed by atoms with Crippen LogP contribution in [0.3, 0.4) is 0 Å². The van der Waals surface area contributed by atoms with Crippen LogP contribution in [0.2, 0.25) is 0 Å². The molecule has 51 heavy (non-hydrogen) atoms. The summed E-state index contributed by atoms with van der Waals surface area (Å²) in [5, 5.41) is 9.45. The van der Waals surface area contributed by atoms with Crippen molar-refractivity contribution < 1.29 is 4.42 Å². The molecule has 0 radical (unpaired) electrons. The predicted octanol–water partition coefficient (Wildman–Crippen LogP) is 12.0. The lowest BCUT2D eigenvalue weighted by atomic mass is 10.0. The molecule has 7 aromatic carbocycles. The van der Waals surface area contributed by atoms with Crippen LogP contribution in [0.15, 0.2) is 162 Å². The maximum Gasteiger partial charge on any atom is 0.231 e. The molecule has 12 aromatic rings. The molecule has 12 rings (SSSR count). The van der Waals surface area contributed by atoms with Gasteiger partial charge in [-0.1, -0.05) is 121 Å². The van der Waals surface area contributed by atoms with Crippen molar-refractivity contribution in [1.82, 2.24) is 18.9 Å². The lowest BCUT2D eigenvalue weighted by Gasteiger charge is -2.11. The Morgan fingerprint density at radius 1 is 0.431 bits per heavy atom. The van der Waals surface area contributed by atoms with Crippen LogP contribution < -0.4 is 0 Å². The number of rotatable bonds is 3. The van der Waals surface area contributed by atoms with Crippen LogP contribution in [-0.4, -0.2) is 18.9 Å². The maximum absolute atomic E-state index is 6.36. The highest BCUT2D eigenvalue weighted by Gasteiger charge is 2.22. The van der Waals surface area contributed by atoms with Crippen LogP contribution in [0.25, 0.3) is 110 Å². The zero-order chi connectivity index (χ0) is 33.2. The third kappa shape index (κ3) is 3.59. The van der Waals surface area contributed by atoms with E-state index >= 15 is 0 Å². The van der Waals surface area contributed by atoms with E-state index in [1.165, 1.54) is 48.9 Å². The van der Waals surface area contributed by atoms with Gasteiger partial charge < -0.3 is 13.4 Å². The molecule has 0 aliphatic carbocycles. The molecule has 0 saturated carbocycles. The van der Waals surface area contributed by atoms with Crippen LogP contribution in [0.5, 0.6) is 0 Å². The van der Waals surface area contributed by atoms with E-state index in [0.717, 1.165) is 49.9 Å². The van der Waals surface area contributed by atoms with E-state index < -0.39 is 0 Å². The molecule has 5 heteroatoms. The lowest BCUT2D eigenvalue weighted by molar-refractivity contribution is 0.653. The highest BCUT2D eigenvalue weighted by Crippen LogP contribution is 2.42. The Bertz CT molecular complexity index is 3370. The topological polar surface area (TPSA) is 48.3 Å². The molecule has 0 saturated heterocycles. The van der Waals surface area contributed by atoms with Gasteiger partial charge in [-0.3, -0.25) is 0 Å². The summed E-state index contributed by atoms with van der Waals surface area (Å²) in [6.45, 7) is 0. The van der Waals surface area contributed by atoms with Crippen molar-refractivity contribution in [2.24, 2.45) is 0 Å². The van der Waals surface area contributed by atoms with Crippen LogP contribution in [0, 0.1) is 0 Å². The highest BCUT2D eigenvalue weighted by atomic mass is 16.3. The monoisotopic (exact) mass is 650 g/mol. The van der Waals surface area contributed by atoms with E-state index in [9.17, 15) is 0 Å². The van der Waals surface area contributed by atoms with Gasteiger partial charge in [0.05, 0.1) is 38.7 Å². The third-order valence-corrected chi connectivity index (χ3v) is 10.7. The minimum absolute atomic E-state index is 0.587. The molecule has 5 aromatic heterocycles. The number of fused-ring (bicyclic) bond motifs is 12. The number of hydrogen-bond donors (Lipinski definition) is 0. The van der Waals surface area contributed by atoms with E-state index in [1.54, 1.807) is 0 Å². The molecule has 0 unspecified atom stereocenters. The number of nitrogens with zero attached hydrogens (tertiary/aromatic N) is 4. The fourth-order valence-electron chi connectivity index (χ4n) is 8.50. The summed E-state index contributed by atoms with van der Waals surface area (Å²) in [4.78, 5) is 10.2. The molecule has 0 fully saturated rings. The molecule has 0 atom stereocenters. The van der Waals surface area contributed by atoms with Gasteiger partial charge in [-0.15, -0.1) is 0 Å². The van der Waals surface area contributed by atoms with Gasteiger partial charge in [-0.2, -0.15) is 4.98 Å². The fraction of sp³-hybridized carbons (Fsp3) is 0. The second-order valence-corrected chi connectivity index (χ2v) is 13.4. The normalized spacial score (nSPS) is 12.3. The fourth-order valence-corrected chi connectivity index (χ4v) is 8.50. The van der Waals surface area contributed by atoms with Gasteiger partial charge in [0.1, 0.15) is 5.58 Å². The average Bonchev–Trinajstić information content (AvgIpc) is 3.93. The Labute approximate surface area is 290 Å². The van der Waals surface area contributed by atoms with E-state index in [4.69, 9.17) is 14.4 Å². The van der Waals surface area contributed by atoms with Crippen LogP contribution in [0.4, 0.5) is 0 Å². The summed E-state index contributed by atoms with van der Waals surface area (Å²) in [5.41, 5.74) is 11.3. The molecule has 0 spiro atoms. The highest BCUT2D eigenvalue weighted by molar-refractivity contribution is 6.23. The smallest absolute Gasteiger partial charge is 0.231 e. The van der Waals surface area contributed by atoms with Crippen molar-refractivity contribution >= 4 is 82.0 Å². The Balaban J connectivity index is 1.16. The lowest BCUT2D eigenvalue weighted by Crippen LogP contribution is -1.96. The Kier molecular flexibility index (Phi) is 5.17. The summed E-state index contributed by atoms with van der Waals surface area (Å²) in [5.74, 6) is 0.640. The van der Waals surface area contributed by atoms with Crippen molar-refractivity contribution in [1.29, 1.82) is 0 Å². The van der Waals surface area contributed by atoms with Crippen LogP contribution in [-0.2, 0) is 0 Å². The zero-order valence-electron chi connectivity index (χ0n) is 27.2. The summed E-state index contributed by atoms with van der Waals surface area (Å²) in [7, 11) is 0. The Hall–Kier alpha value is -6.98. The summed E-state index contributed by atoms with van der Waals surface area (Å²) in [6, 6.07) is 56.0. The van der Waals surface area contributed by atoms with E-state index in [-0.39, 0.29) is 0 Å². The minimum atomic E-state index is 0.587. The molecule has 0 amide bonds. The first-order valence-corrected chi connectivity index (χ1v) is 17.3. The molecule has 5 nitrogen and oxygen atoms in total. The predicted molar refractivity (Wildman–Crippen MR) is 209 cm³/mol. The molecule has 0 aliphatic rings. The number of hydrogen-bond acceptors (Lipinski definition) is 3. The first-order chi connectivity index (χ1) is 25.3. The zero-order valence-corrected chi connectivity index (χ0v) is 27.2. The van der Waals surface area contributed by atoms with Crippen molar-refractivity contribution in [3.8, 4) is 28.3 Å². The maximum atomic E-state index is 6.36. The van der Waals surface area contributed by atoms with Crippen molar-refractivity contribution in [3.63, 3.8) is 0 Å². The molecule has 236 valence electrons. The van der Waals surface area contributed by atoms with Gasteiger partial charge in [-0.25, -0.2) is 4.98 Å². The Morgan fingerprint density at radius 2 is 1.08 bits per heavy atom. The molecular formula is C46H26N4O. The second kappa shape index (κ2) is 9.80. The third-order valence-electron chi connectivity index (χ3n) is 10.7. The Morgan fingerprint density at radius 3 is 1.92 bits per heavy atom. The van der Waals surface area contributed by atoms with Crippen molar-refractivity contribution in [3.05, 3.63) is 158 Å². The first-order valence-electron chi connectivity index (χ1n) is 17.3. The van der Waals surface area contributed by atoms with Gasteiger partial charge in [0.2, 0.25) is 5.71 Å². The number of furan rings is 1.